The van der Waals surface area contributed by atoms with Crippen molar-refractivity contribution in [1.82, 2.24) is 0 Å². The van der Waals surface area contributed by atoms with E-state index in [1.165, 1.54) is 32.1 Å². The average Bonchev–Trinajstić information content (AvgIpc) is 2.84. The van der Waals surface area contributed by atoms with Crippen molar-refractivity contribution in [3.8, 4) is 0 Å². The van der Waals surface area contributed by atoms with E-state index >= 15 is 0 Å². The molecular formula is C22H36O2. The van der Waals surface area contributed by atoms with Crippen LogP contribution in [0, 0.1) is 46.3 Å². The van der Waals surface area contributed by atoms with E-state index in [4.69, 9.17) is 0 Å². The number of carbonyl (C=O) groups is 1. The highest BCUT2D eigenvalue weighted by atomic mass is 16.3. The first-order valence-corrected chi connectivity index (χ1v) is 10.5. The van der Waals surface area contributed by atoms with Crippen LogP contribution in [0.1, 0.15) is 79.1 Å². The van der Waals surface area contributed by atoms with Crippen molar-refractivity contribution in [3.63, 3.8) is 0 Å². The minimum atomic E-state index is -0.0580. The minimum Gasteiger partial charge on any atom is -0.393 e. The van der Waals surface area contributed by atoms with Gasteiger partial charge in [-0.3, -0.25) is 4.79 Å². The average molecular weight is 333 g/mol. The van der Waals surface area contributed by atoms with E-state index in [1.807, 2.05) is 6.92 Å². The minimum absolute atomic E-state index is 0.0580. The van der Waals surface area contributed by atoms with Crippen molar-refractivity contribution in [2.75, 3.05) is 0 Å². The van der Waals surface area contributed by atoms with Crippen molar-refractivity contribution in [2.45, 2.75) is 85.2 Å². The topological polar surface area (TPSA) is 37.3 Å². The molecule has 9 atom stereocenters. The summed E-state index contributed by atoms with van der Waals surface area (Å²) < 4.78 is 0. The van der Waals surface area contributed by atoms with Gasteiger partial charge in [-0.15, -0.1) is 0 Å². The van der Waals surface area contributed by atoms with E-state index in [2.05, 4.69) is 20.8 Å². The van der Waals surface area contributed by atoms with Crippen molar-refractivity contribution in [3.05, 3.63) is 0 Å². The zero-order chi connectivity index (χ0) is 17.3. The molecule has 0 heterocycles. The fraction of sp³-hybridized carbons (Fsp3) is 0.955. The van der Waals surface area contributed by atoms with Crippen LogP contribution in [-0.4, -0.2) is 17.0 Å². The molecule has 24 heavy (non-hydrogen) atoms. The Morgan fingerprint density at radius 1 is 1.04 bits per heavy atom. The van der Waals surface area contributed by atoms with Gasteiger partial charge in [0, 0.05) is 5.92 Å². The van der Waals surface area contributed by atoms with Crippen LogP contribution in [0.25, 0.3) is 0 Å². The number of rotatable bonds is 1. The van der Waals surface area contributed by atoms with Crippen molar-refractivity contribution in [1.29, 1.82) is 0 Å². The standard InChI is InChI=1S/C22H36O2/c1-13-12-22(4)18(14(2)23)7-8-19(22)17-6-5-15-11-16(24)9-10-21(15,3)20(13)17/h13,15-20,24H,5-12H2,1-4H3/t13-,15?,16+,17-,18+,19?,20?,21-,22+/m0/s1. The molecule has 3 unspecified atom stereocenters. The van der Waals surface area contributed by atoms with Crippen molar-refractivity contribution >= 4 is 5.78 Å². The Morgan fingerprint density at radius 3 is 2.50 bits per heavy atom. The lowest BCUT2D eigenvalue weighted by atomic mass is 9.42. The Labute approximate surface area is 147 Å². The van der Waals surface area contributed by atoms with Crippen LogP contribution in [0.5, 0.6) is 0 Å². The highest BCUT2D eigenvalue weighted by Crippen LogP contribution is 2.68. The summed E-state index contributed by atoms with van der Waals surface area (Å²) in [7, 11) is 0. The molecule has 4 aliphatic carbocycles. The number of Topliss-reactive ketones (excluding diaryl/α,β-unsaturated/α-hetero) is 1. The van der Waals surface area contributed by atoms with Crippen LogP contribution in [0.4, 0.5) is 0 Å². The van der Waals surface area contributed by atoms with Gasteiger partial charge >= 0.3 is 0 Å². The number of fused-ring (bicyclic) bond motifs is 5. The fourth-order valence-corrected chi connectivity index (χ4v) is 8.62. The number of ketones is 1. The number of aliphatic hydroxyl groups is 1. The number of carbonyl (C=O) groups excluding carboxylic acids is 1. The van der Waals surface area contributed by atoms with E-state index in [1.54, 1.807) is 0 Å². The van der Waals surface area contributed by atoms with Gasteiger partial charge in [-0.2, -0.15) is 0 Å². The lowest BCUT2D eigenvalue weighted by Crippen LogP contribution is -2.57. The second-order valence-corrected chi connectivity index (χ2v) is 10.4. The monoisotopic (exact) mass is 332 g/mol. The van der Waals surface area contributed by atoms with Gasteiger partial charge in [-0.25, -0.2) is 0 Å². The quantitative estimate of drug-likeness (QED) is 0.746. The highest BCUT2D eigenvalue weighted by molar-refractivity contribution is 5.79. The molecule has 0 aliphatic heterocycles. The molecule has 4 fully saturated rings. The lowest BCUT2D eigenvalue weighted by Gasteiger charge is -2.63. The van der Waals surface area contributed by atoms with Gasteiger partial charge in [-0.1, -0.05) is 20.8 Å². The molecular weight excluding hydrogens is 296 g/mol. The molecule has 4 saturated carbocycles. The Morgan fingerprint density at radius 2 is 1.79 bits per heavy atom. The van der Waals surface area contributed by atoms with Crippen molar-refractivity contribution < 1.29 is 9.90 Å². The summed E-state index contributed by atoms with van der Waals surface area (Å²) in [6, 6.07) is 0. The second-order valence-electron chi connectivity index (χ2n) is 10.4. The Bertz CT molecular complexity index is 528. The van der Waals surface area contributed by atoms with Gasteiger partial charge in [-0.05, 0) is 98.7 Å². The molecule has 0 aromatic rings. The van der Waals surface area contributed by atoms with Crippen LogP contribution < -0.4 is 0 Å². The number of aliphatic hydroxyl groups excluding tert-OH is 1. The summed E-state index contributed by atoms with van der Waals surface area (Å²) >= 11 is 0. The van der Waals surface area contributed by atoms with Gasteiger partial charge in [0.25, 0.3) is 0 Å². The Balaban J connectivity index is 1.67. The summed E-state index contributed by atoms with van der Waals surface area (Å²) in [5.41, 5.74) is 0.682. The van der Waals surface area contributed by atoms with Gasteiger partial charge in [0.2, 0.25) is 0 Å². The zero-order valence-electron chi connectivity index (χ0n) is 16.1. The molecule has 0 bridgehead atoms. The number of hydrogen-bond donors (Lipinski definition) is 1. The predicted molar refractivity (Wildman–Crippen MR) is 96.5 cm³/mol. The third-order valence-corrected chi connectivity index (χ3v) is 9.37. The summed E-state index contributed by atoms with van der Waals surface area (Å²) in [4.78, 5) is 12.3. The highest BCUT2D eigenvalue weighted by Gasteiger charge is 2.62. The molecule has 2 heteroatoms. The van der Waals surface area contributed by atoms with Gasteiger partial charge in [0.15, 0.2) is 0 Å². The maximum Gasteiger partial charge on any atom is 0.133 e. The first-order chi connectivity index (χ1) is 11.3. The number of hydrogen-bond acceptors (Lipinski definition) is 2. The smallest absolute Gasteiger partial charge is 0.133 e. The van der Waals surface area contributed by atoms with Crippen LogP contribution in [0.15, 0.2) is 0 Å². The zero-order valence-corrected chi connectivity index (χ0v) is 16.1. The fourth-order valence-electron chi connectivity index (χ4n) is 8.62. The van der Waals surface area contributed by atoms with Crippen LogP contribution in [0.3, 0.4) is 0 Å². The molecule has 1 N–H and O–H groups in total. The Kier molecular flexibility index (Phi) is 3.95. The third-order valence-electron chi connectivity index (χ3n) is 9.37. The summed E-state index contributed by atoms with van der Waals surface area (Å²) in [5.74, 6) is 4.58. The normalized spacial score (nSPS) is 57.0. The van der Waals surface area contributed by atoms with E-state index in [0.29, 0.717) is 17.1 Å². The first-order valence-electron chi connectivity index (χ1n) is 10.5. The molecule has 0 aromatic carbocycles. The van der Waals surface area contributed by atoms with Crippen molar-refractivity contribution in [2.24, 2.45) is 46.3 Å². The largest absolute Gasteiger partial charge is 0.393 e. The Hall–Kier alpha value is -0.370. The molecule has 0 radical (unpaired) electrons. The molecule has 4 aliphatic rings. The van der Waals surface area contributed by atoms with Crippen LogP contribution in [-0.2, 0) is 4.79 Å². The maximum absolute atomic E-state index is 12.3. The summed E-state index contributed by atoms with van der Waals surface area (Å²) in [5, 5.41) is 10.2. The van der Waals surface area contributed by atoms with E-state index < -0.39 is 0 Å². The maximum atomic E-state index is 12.3. The predicted octanol–water partition coefficient (Wildman–Crippen LogP) is 4.84. The molecule has 4 rings (SSSR count). The van der Waals surface area contributed by atoms with Gasteiger partial charge in [0.1, 0.15) is 5.78 Å². The van der Waals surface area contributed by atoms with E-state index in [-0.39, 0.29) is 11.5 Å². The molecule has 0 aromatic heterocycles. The second kappa shape index (κ2) is 5.56. The SMILES string of the molecule is CC(=O)[C@H]1CCC2[C@@H]3CCC4C[C@H](O)CC[C@]4(C)C3[C@@H](C)C[C@@]21C. The van der Waals surface area contributed by atoms with Crippen LogP contribution in [0.2, 0.25) is 0 Å². The van der Waals surface area contributed by atoms with E-state index in [9.17, 15) is 9.90 Å². The molecule has 2 nitrogen and oxygen atoms in total. The molecule has 0 amide bonds. The third kappa shape index (κ3) is 2.20. The summed E-state index contributed by atoms with van der Waals surface area (Å²) in [6.45, 7) is 9.31. The van der Waals surface area contributed by atoms with Crippen LogP contribution >= 0.6 is 0 Å². The summed E-state index contributed by atoms with van der Waals surface area (Å²) in [6.07, 6.45) is 9.48. The van der Waals surface area contributed by atoms with E-state index in [0.717, 1.165) is 48.9 Å². The lowest BCUT2D eigenvalue weighted by molar-refractivity contribution is -0.154. The first kappa shape index (κ1) is 17.1. The molecule has 136 valence electrons. The molecule has 0 spiro atoms. The molecule has 0 saturated heterocycles. The van der Waals surface area contributed by atoms with Gasteiger partial charge in [0.05, 0.1) is 6.10 Å². The van der Waals surface area contributed by atoms with Gasteiger partial charge < -0.3 is 5.11 Å².